The Morgan fingerprint density at radius 3 is 2.87 bits per heavy atom. The van der Waals surface area contributed by atoms with E-state index in [4.69, 9.17) is 5.73 Å². The van der Waals surface area contributed by atoms with Gasteiger partial charge in [-0.05, 0) is 18.1 Å². The van der Waals surface area contributed by atoms with Crippen molar-refractivity contribution in [1.82, 2.24) is 4.98 Å². The van der Waals surface area contributed by atoms with Crippen molar-refractivity contribution in [2.24, 2.45) is 11.7 Å². The third kappa shape index (κ3) is 3.51. The first kappa shape index (κ1) is 12.0. The van der Waals surface area contributed by atoms with Gasteiger partial charge in [0, 0.05) is 32.0 Å². The monoisotopic (exact) mass is 207 g/mol. The van der Waals surface area contributed by atoms with Crippen LogP contribution in [0.15, 0.2) is 18.3 Å². The summed E-state index contributed by atoms with van der Waals surface area (Å²) in [7, 11) is 2.11. The molecule has 0 aliphatic rings. The lowest BCUT2D eigenvalue weighted by molar-refractivity contribution is 0.559. The van der Waals surface area contributed by atoms with Crippen LogP contribution in [0.1, 0.15) is 26.0 Å². The zero-order chi connectivity index (χ0) is 11.3. The molecule has 0 fully saturated rings. The summed E-state index contributed by atoms with van der Waals surface area (Å²) < 4.78 is 0. The van der Waals surface area contributed by atoms with Crippen molar-refractivity contribution in [3.05, 3.63) is 24.0 Å². The number of anilines is 1. The maximum atomic E-state index is 5.57. The normalized spacial score (nSPS) is 12.5. The van der Waals surface area contributed by atoms with Crippen molar-refractivity contribution < 1.29 is 0 Å². The lowest BCUT2D eigenvalue weighted by atomic mass is 10.1. The molecule has 0 aliphatic carbocycles. The molecule has 1 aromatic heterocycles. The number of aromatic nitrogens is 1. The highest BCUT2D eigenvalue weighted by molar-refractivity contribution is 5.45. The first-order valence-corrected chi connectivity index (χ1v) is 5.53. The summed E-state index contributed by atoms with van der Waals surface area (Å²) in [5.74, 6) is 0.712. The molecule has 0 aromatic carbocycles. The largest absolute Gasteiger partial charge is 0.374 e. The van der Waals surface area contributed by atoms with E-state index in [0.29, 0.717) is 12.5 Å². The van der Waals surface area contributed by atoms with Crippen molar-refractivity contribution >= 4 is 5.69 Å². The molecule has 1 heterocycles. The third-order valence-corrected chi connectivity index (χ3v) is 2.73. The molecule has 3 nitrogen and oxygen atoms in total. The molecule has 1 unspecified atom stereocenters. The van der Waals surface area contributed by atoms with Crippen LogP contribution in [-0.2, 0) is 6.54 Å². The molecule has 0 saturated heterocycles. The Bertz CT molecular complexity index is 299. The second-order valence-corrected chi connectivity index (χ2v) is 4.10. The fraction of sp³-hybridized carbons (Fsp3) is 0.583. The minimum absolute atomic E-state index is 0.505. The molecule has 1 atom stereocenters. The minimum Gasteiger partial charge on any atom is -0.374 e. The standard InChI is InChI=1S/C12H21N3/c1-4-10(2)9-15(3)12-5-6-14-11(7-12)8-13/h5-7,10H,4,8-9,13H2,1-3H3. The first-order valence-electron chi connectivity index (χ1n) is 5.53. The maximum Gasteiger partial charge on any atom is 0.0560 e. The van der Waals surface area contributed by atoms with Crippen LogP contribution in [-0.4, -0.2) is 18.6 Å². The summed E-state index contributed by atoms with van der Waals surface area (Å²) in [5.41, 5.74) is 7.71. The second-order valence-electron chi connectivity index (χ2n) is 4.10. The molecule has 84 valence electrons. The molecule has 2 N–H and O–H groups in total. The van der Waals surface area contributed by atoms with Gasteiger partial charge < -0.3 is 10.6 Å². The summed E-state index contributed by atoms with van der Waals surface area (Å²) in [4.78, 5) is 6.45. The van der Waals surface area contributed by atoms with Crippen molar-refractivity contribution in [2.45, 2.75) is 26.8 Å². The number of hydrogen-bond donors (Lipinski definition) is 1. The van der Waals surface area contributed by atoms with Crippen molar-refractivity contribution in [2.75, 3.05) is 18.5 Å². The van der Waals surface area contributed by atoms with Gasteiger partial charge in [0.15, 0.2) is 0 Å². The van der Waals surface area contributed by atoms with E-state index in [-0.39, 0.29) is 0 Å². The van der Waals surface area contributed by atoms with E-state index in [1.165, 1.54) is 12.1 Å². The lowest BCUT2D eigenvalue weighted by Crippen LogP contribution is -2.23. The average Bonchev–Trinajstić information content (AvgIpc) is 2.28. The van der Waals surface area contributed by atoms with E-state index in [2.05, 4.69) is 36.8 Å². The smallest absolute Gasteiger partial charge is 0.0560 e. The fourth-order valence-corrected chi connectivity index (χ4v) is 1.52. The Kier molecular flexibility index (Phi) is 4.56. The molecular formula is C12H21N3. The lowest BCUT2D eigenvalue weighted by Gasteiger charge is -2.23. The summed E-state index contributed by atoms with van der Waals surface area (Å²) in [6, 6.07) is 4.09. The molecule has 15 heavy (non-hydrogen) atoms. The predicted molar refractivity (Wildman–Crippen MR) is 64.9 cm³/mol. The predicted octanol–water partition coefficient (Wildman–Crippen LogP) is 2.02. The molecule has 0 radical (unpaired) electrons. The van der Waals surface area contributed by atoms with Crippen LogP contribution >= 0.6 is 0 Å². The number of nitrogens with zero attached hydrogens (tertiary/aromatic N) is 2. The zero-order valence-electron chi connectivity index (χ0n) is 9.90. The summed E-state index contributed by atoms with van der Waals surface area (Å²) in [5, 5.41) is 0. The minimum atomic E-state index is 0.505. The van der Waals surface area contributed by atoms with Gasteiger partial charge in [-0.15, -0.1) is 0 Å². The molecule has 0 saturated carbocycles. The van der Waals surface area contributed by atoms with E-state index in [0.717, 1.165) is 12.2 Å². The SMILES string of the molecule is CCC(C)CN(C)c1ccnc(CN)c1. The van der Waals surface area contributed by atoms with Crippen LogP contribution in [0.4, 0.5) is 5.69 Å². The van der Waals surface area contributed by atoms with Crippen LogP contribution < -0.4 is 10.6 Å². The van der Waals surface area contributed by atoms with E-state index in [1.54, 1.807) is 0 Å². The molecule has 0 amide bonds. The van der Waals surface area contributed by atoms with Crippen molar-refractivity contribution in [3.63, 3.8) is 0 Å². The Morgan fingerprint density at radius 1 is 1.53 bits per heavy atom. The van der Waals surface area contributed by atoms with Crippen LogP contribution in [0.3, 0.4) is 0 Å². The van der Waals surface area contributed by atoms with Crippen molar-refractivity contribution in [1.29, 1.82) is 0 Å². The topological polar surface area (TPSA) is 42.2 Å². The molecular weight excluding hydrogens is 186 g/mol. The highest BCUT2D eigenvalue weighted by Gasteiger charge is 2.05. The molecule has 0 bridgehead atoms. The number of pyridine rings is 1. The Labute approximate surface area is 92.3 Å². The van der Waals surface area contributed by atoms with Crippen LogP contribution in [0.25, 0.3) is 0 Å². The van der Waals surface area contributed by atoms with Gasteiger partial charge in [-0.1, -0.05) is 20.3 Å². The van der Waals surface area contributed by atoms with Gasteiger partial charge in [0.1, 0.15) is 0 Å². The molecule has 1 aromatic rings. The second kappa shape index (κ2) is 5.71. The average molecular weight is 207 g/mol. The van der Waals surface area contributed by atoms with Gasteiger partial charge in [-0.25, -0.2) is 0 Å². The number of nitrogens with two attached hydrogens (primary N) is 1. The van der Waals surface area contributed by atoms with Crippen molar-refractivity contribution in [3.8, 4) is 0 Å². The summed E-state index contributed by atoms with van der Waals surface area (Å²) in [6.07, 6.45) is 3.03. The maximum absolute atomic E-state index is 5.57. The Balaban J connectivity index is 2.68. The van der Waals surface area contributed by atoms with Gasteiger partial charge in [0.05, 0.1) is 5.69 Å². The van der Waals surface area contributed by atoms with Gasteiger partial charge >= 0.3 is 0 Å². The van der Waals surface area contributed by atoms with Crippen LogP contribution in [0, 0.1) is 5.92 Å². The van der Waals surface area contributed by atoms with Gasteiger partial charge in [0.25, 0.3) is 0 Å². The van der Waals surface area contributed by atoms with E-state index >= 15 is 0 Å². The quantitative estimate of drug-likeness (QED) is 0.803. The number of rotatable bonds is 5. The van der Waals surface area contributed by atoms with Gasteiger partial charge in [-0.3, -0.25) is 4.98 Å². The van der Waals surface area contributed by atoms with E-state index < -0.39 is 0 Å². The van der Waals surface area contributed by atoms with Gasteiger partial charge in [0.2, 0.25) is 0 Å². The Morgan fingerprint density at radius 2 is 2.27 bits per heavy atom. The third-order valence-electron chi connectivity index (χ3n) is 2.73. The molecule has 3 heteroatoms. The highest BCUT2D eigenvalue weighted by atomic mass is 15.1. The highest BCUT2D eigenvalue weighted by Crippen LogP contribution is 2.15. The summed E-state index contributed by atoms with van der Waals surface area (Å²) in [6.45, 7) is 6.06. The summed E-state index contributed by atoms with van der Waals surface area (Å²) >= 11 is 0. The van der Waals surface area contributed by atoms with Crippen LogP contribution in [0.2, 0.25) is 0 Å². The zero-order valence-corrected chi connectivity index (χ0v) is 9.90. The molecule has 1 rings (SSSR count). The van der Waals surface area contributed by atoms with Gasteiger partial charge in [-0.2, -0.15) is 0 Å². The van der Waals surface area contributed by atoms with E-state index in [1.807, 2.05) is 12.3 Å². The van der Waals surface area contributed by atoms with Crippen LogP contribution in [0.5, 0.6) is 0 Å². The first-order chi connectivity index (χ1) is 7.17. The Hall–Kier alpha value is -1.09. The molecule has 0 spiro atoms. The van der Waals surface area contributed by atoms with E-state index in [9.17, 15) is 0 Å². The molecule has 0 aliphatic heterocycles. The fourth-order valence-electron chi connectivity index (χ4n) is 1.52. The number of hydrogen-bond acceptors (Lipinski definition) is 3.